The van der Waals surface area contributed by atoms with E-state index in [4.69, 9.17) is 5.73 Å². The van der Waals surface area contributed by atoms with Crippen molar-refractivity contribution in [2.45, 2.75) is 38.1 Å². The fourth-order valence-corrected chi connectivity index (χ4v) is 3.88. The number of benzene rings is 1. The maximum Gasteiger partial charge on any atom is 0.239 e. The number of hydrogen-bond acceptors (Lipinski definition) is 3. The normalized spacial score (nSPS) is 23.3. The Morgan fingerprint density at radius 3 is 2.77 bits per heavy atom. The molecule has 1 fully saturated rings. The number of rotatable bonds is 6. The summed E-state index contributed by atoms with van der Waals surface area (Å²) in [6.45, 7) is 3.91. The second-order valence-corrected chi connectivity index (χ2v) is 7.13. The number of likely N-dealkylation sites (tertiary alicyclic amines) is 1. The van der Waals surface area contributed by atoms with Crippen molar-refractivity contribution in [3.8, 4) is 0 Å². The first-order valence-electron chi connectivity index (χ1n) is 8.25. The molecule has 0 bridgehead atoms. The van der Waals surface area contributed by atoms with Gasteiger partial charge in [-0.2, -0.15) is 11.8 Å². The van der Waals surface area contributed by atoms with Gasteiger partial charge < -0.3 is 10.6 Å². The van der Waals surface area contributed by atoms with Crippen molar-refractivity contribution < 1.29 is 4.79 Å². The van der Waals surface area contributed by atoms with Gasteiger partial charge in [0.05, 0.1) is 6.04 Å². The molecule has 0 aromatic heterocycles. The van der Waals surface area contributed by atoms with Crippen LogP contribution in [-0.2, 0) is 4.79 Å². The Hall–Kier alpha value is -1.00. The number of amides is 1. The van der Waals surface area contributed by atoms with E-state index in [-0.39, 0.29) is 11.9 Å². The maximum atomic E-state index is 12.5. The molecule has 1 heterocycles. The topological polar surface area (TPSA) is 46.3 Å². The van der Waals surface area contributed by atoms with Crippen molar-refractivity contribution in [3.05, 3.63) is 35.9 Å². The minimum absolute atomic E-state index is 0.138. The highest BCUT2D eigenvalue weighted by molar-refractivity contribution is 7.98. The zero-order valence-electron chi connectivity index (χ0n) is 13.7. The lowest BCUT2D eigenvalue weighted by atomic mass is 9.79. The summed E-state index contributed by atoms with van der Waals surface area (Å²) in [4.78, 5) is 14.5. The number of piperidine rings is 1. The Labute approximate surface area is 138 Å². The molecule has 3 atom stereocenters. The lowest BCUT2D eigenvalue weighted by Gasteiger charge is -2.39. The van der Waals surface area contributed by atoms with Crippen LogP contribution in [0, 0.1) is 5.92 Å². The van der Waals surface area contributed by atoms with Crippen LogP contribution in [0.1, 0.15) is 37.7 Å². The molecule has 1 aliphatic rings. The highest BCUT2D eigenvalue weighted by atomic mass is 32.2. The summed E-state index contributed by atoms with van der Waals surface area (Å²) in [5.41, 5.74) is 7.47. The molecule has 122 valence electrons. The number of thioether (sulfide) groups is 1. The number of hydrogen-bond donors (Lipinski definition) is 1. The minimum atomic E-state index is -0.335. The van der Waals surface area contributed by atoms with Gasteiger partial charge in [-0.1, -0.05) is 43.7 Å². The first-order valence-corrected chi connectivity index (χ1v) is 9.65. The smallest absolute Gasteiger partial charge is 0.239 e. The minimum Gasteiger partial charge on any atom is -0.341 e. The van der Waals surface area contributed by atoms with E-state index in [2.05, 4.69) is 43.5 Å². The second kappa shape index (κ2) is 8.59. The highest BCUT2D eigenvalue weighted by Gasteiger charge is 2.32. The van der Waals surface area contributed by atoms with E-state index in [1.54, 1.807) is 11.8 Å². The quantitative estimate of drug-likeness (QED) is 0.876. The van der Waals surface area contributed by atoms with Gasteiger partial charge >= 0.3 is 0 Å². The van der Waals surface area contributed by atoms with Gasteiger partial charge in [0.2, 0.25) is 5.91 Å². The largest absolute Gasteiger partial charge is 0.341 e. The van der Waals surface area contributed by atoms with Gasteiger partial charge in [-0.3, -0.25) is 4.79 Å². The highest BCUT2D eigenvalue weighted by Crippen LogP contribution is 2.35. The summed E-state index contributed by atoms with van der Waals surface area (Å²) in [6.07, 6.45) is 4.97. The number of nitrogens with zero attached hydrogens (tertiary/aromatic N) is 1. The predicted octanol–water partition coefficient (Wildman–Crippen LogP) is 3.11. The molecule has 2 unspecified atom stereocenters. The molecule has 4 heteroatoms. The molecule has 0 spiro atoms. The van der Waals surface area contributed by atoms with Crippen LogP contribution in [0.2, 0.25) is 0 Å². The molecular formula is C18H28N2OS. The number of nitrogens with two attached hydrogens (primary N) is 1. The SMILES string of the molecule is CCC1CN(C(=O)[C@@H](N)CCSC)CCC1c1ccccc1. The van der Waals surface area contributed by atoms with E-state index >= 15 is 0 Å². The summed E-state index contributed by atoms with van der Waals surface area (Å²) < 4.78 is 0. The maximum absolute atomic E-state index is 12.5. The molecular weight excluding hydrogens is 292 g/mol. The third kappa shape index (κ3) is 4.26. The molecule has 3 nitrogen and oxygen atoms in total. The summed E-state index contributed by atoms with van der Waals surface area (Å²) in [6, 6.07) is 10.4. The van der Waals surface area contributed by atoms with Crippen molar-refractivity contribution >= 4 is 17.7 Å². The first-order chi connectivity index (χ1) is 10.7. The molecule has 0 saturated carbocycles. The van der Waals surface area contributed by atoms with E-state index in [0.29, 0.717) is 11.8 Å². The van der Waals surface area contributed by atoms with Gasteiger partial charge in [0.1, 0.15) is 0 Å². The fraction of sp³-hybridized carbons (Fsp3) is 0.611. The number of carbonyl (C=O) groups is 1. The van der Waals surface area contributed by atoms with Crippen LogP contribution in [0.5, 0.6) is 0 Å². The van der Waals surface area contributed by atoms with Gasteiger partial charge in [-0.05, 0) is 42.2 Å². The van der Waals surface area contributed by atoms with Crippen LogP contribution in [-0.4, -0.2) is 41.9 Å². The summed E-state index contributed by atoms with van der Waals surface area (Å²) in [7, 11) is 0. The molecule has 0 aliphatic carbocycles. The molecule has 1 aromatic carbocycles. The summed E-state index contributed by atoms with van der Waals surface area (Å²) >= 11 is 1.75. The Morgan fingerprint density at radius 1 is 1.41 bits per heavy atom. The van der Waals surface area contributed by atoms with Crippen molar-refractivity contribution in [1.82, 2.24) is 4.90 Å². The molecule has 1 saturated heterocycles. The van der Waals surface area contributed by atoms with Crippen LogP contribution in [0.15, 0.2) is 30.3 Å². The van der Waals surface area contributed by atoms with Crippen LogP contribution >= 0.6 is 11.8 Å². The molecule has 2 rings (SSSR count). The molecule has 1 aromatic rings. The Bertz CT molecular complexity index is 465. The van der Waals surface area contributed by atoms with Gasteiger partial charge in [0.15, 0.2) is 0 Å². The summed E-state index contributed by atoms with van der Waals surface area (Å²) in [5, 5.41) is 0. The van der Waals surface area contributed by atoms with E-state index in [1.807, 2.05) is 4.90 Å². The standard InChI is InChI=1S/C18H28N2OS/c1-3-14-13-20(18(21)17(19)10-12-22-2)11-9-16(14)15-7-5-4-6-8-15/h4-8,14,16-17H,3,9-13,19H2,1-2H3/t14?,16?,17-/m0/s1. The third-order valence-corrected chi connectivity index (χ3v) is 5.39. The Balaban J connectivity index is 1.99. The fourth-order valence-electron chi connectivity index (χ4n) is 3.39. The van der Waals surface area contributed by atoms with E-state index in [0.717, 1.165) is 38.1 Å². The molecule has 0 radical (unpaired) electrons. The Kier molecular flexibility index (Phi) is 6.77. The lowest BCUT2D eigenvalue weighted by molar-refractivity contribution is -0.134. The van der Waals surface area contributed by atoms with Crippen LogP contribution in [0.3, 0.4) is 0 Å². The Morgan fingerprint density at radius 2 is 2.14 bits per heavy atom. The van der Waals surface area contributed by atoms with Crippen molar-refractivity contribution in [3.63, 3.8) is 0 Å². The average molecular weight is 321 g/mol. The van der Waals surface area contributed by atoms with Crippen molar-refractivity contribution in [2.24, 2.45) is 11.7 Å². The van der Waals surface area contributed by atoms with Gasteiger partial charge in [-0.25, -0.2) is 0 Å². The molecule has 1 amide bonds. The van der Waals surface area contributed by atoms with Gasteiger partial charge in [0, 0.05) is 13.1 Å². The number of carbonyl (C=O) groups excluding carboxylic acids is 1. The predicted molar refractivity (Wildman–Crippen MR) is 95.1 cm³/mol. The van der Waals surface area contributed by atoms with Crippen LogP contribution in [0.4, 0.5) is 0 Å². The van der Waals surface area contributed by atoms with E-state index < -0.39 is 0 Å². The van der Waals surface area contributed by atoms with Crippen LogP contribution in [0.25, 0.3) is 0 Å². The van der Waals surface area contributed by atoms with E-state index in [1.165, 1.54) is 5.56 Å². The molecule has 2 N–H and O–H groups in total. The van der Waals surface area contributed by atoms with Crippen LogP contribution < -0.4 is 5.73 Å². The average Bonchev–Trinajstić information content (AvgIpc) is 2.59. The van der Waals surface area contributed by atoms with Gasteiger partial charge in [0.25, 0.3) is 0 Å². The van der Waals surface area contributed by atoms with Crippen molar-refractivity contribution in [2.75, 3.05) is 25.1 Å². The monoisotopic (exact) mass is 320 g/mol. The second-order valence-electron chi connectivity index (χ2n) is 6.15. The molecule has 22 heavy (non-hydrogen) atoms. The van der Waals surface area contributed by atoms with Crippen molar-refractivity contribution in [1.29, 1.82) is 0 Å². The zero-order chi connectivity index (χ0) is 15.9. The third-order valence-electron chi connectivity index (χ3n) is 4.75. The zero-order valence-corrected chi connectivity index (χ0v) is 14.5. The van der Waals surface area contributed by atoms with E-state index in [9.17, 15) is 4.79 Å². The molecule has 1 aliphatic heterocycles. The van der Waals surface area contributed by atoms with Gasteiger partial charge in [-0.15, -0.1) is 0 Å². The lowest BCUT2D eigenvalue weighted by Crippen LogP contribution is -2.49. The summed E-state index contributed by atoms with van der Waals surface area (Å²) in [5.74, 6) is 2.19. The first kappa shape index (κ1) is 17.4.